The van der Waals surface area contributed by atoms with Crippen LogP contribution in [0, 0.1) is 6.92 Å². The van der Waals surface area contributed by atoms with Gasteiger partial charge < -0.3 is 25.3 Å². The van der Waals surface area contributed by atoms with Crippen LogP contribution in [0.3, 0.4) is 0 Å². The summed E-state index contributed by atoms with van der Waals surface area (Å²) in [5, 5.41) is 18.7. The average Bonchev–Trinajstić information content (AvgIpc) is 3.02. The number of methoxy groups -OCH3 is 1. The van der Waals surface area contributed by atoms with Crippen molar-refractivity contribution in [3.05, 3.63) is 51.4 Å². The molecule has 10 heteroatoms. The summed E-state index contributed by atoms with van der Waals surface area (Å²) >= 11 is 1.56. The Kier molecular flexibility index (Phi) is 8.01. The molecule has 0 aliphatic carbocycles. The number of H-pyrrole nitrogens is 1. The molecular weight excluding hydrogens is 398 g/mol. The Bertz CT molecular complexity index is 1030. The van der Waals surface area contributed by atoms with Crippen LogP contribution in [-0.2, 0) is 20.9 Å². The number of aliphatic carboxylic acids is 2. The van der Waals surface area contributed by atoms with Crippen molar-refractivity contribution in [3.8, 4) is 11.1 Å². The average molecular weight is 419 g/mol. The third-order valence-corrected chi connectivity index (χ3v) is 4.81. The van der Waals surface area contributed by atoms with Crippen molar-refractivity contribution < 1.29 is 24.5 Å². The van der Waals surface area contributed by atoms with Gasteiger partial charge >= 0.3 is 11.9 Å². The van der Waals surface area contributed by atoms with Crippen molar-refractivity contribution in [3.63, 3.8) is 0 Å². The fraction of sp³-hybridized carbons (Fsp3) is 0.263. The van der Waals surface area contributed by atoms with E-state index < -0.39 is 11.9 Å². The number of thiophene rings is 1. The van der Waals surface area contributed by atoms with Crippen molar-refractivity contribution in [2.24, 2.45) is 0 Å². The van der Waals surface area contributed by atoms with E-state index in [1.165, 1.54) is 0 Å². The van der Waals surface area contributed by atoms with Gasteiger partial charge in [-0.1, -0.05) is 30.3 Å². The molecule has 0 saturated heterocycles. The predicted molar refractivity (Wildman–Crippen MR) is 109 cm³/mol. The van der Waals surface area contributed by atoms with Gasteiger partial charge in [0, 0.05) is 24.1 Å². The van der Waals surface area contributed by atoms with Crippen LogP contribution >= 0.6 is 11.3 Å². The molecule has 0 spiro atoms. The number of rotatable bonds is 6. The Morgan fingerprint density at radius 2 is 1.86 bits per heavy atom. The number of carbonyl (C=O) groups is 2. The Balaban J connectivity index is 0.000000438. The molecule has 3 aromatic rings. The molecule has 154 valence electrons. The number of nitrogens with zero attached hydrogens (tertiary/aromatic N) is 1. The standard InChI is InChI=1S/C17H19N3O2S.C2H2O4/c1-11-14(12-6-4-3-5-7-12)15-16(21)19-13(20-17(15)23-11)10-18-8-9-22-2;3-1(4)2(5)6/h3-7,18H,8-10H2,1-2H3,(H,19,20,21);(H,3,4)(H,5,6). The maximum atomic E-state index is 12.6. The Hall–Kier alpha value is -3.08. The van der Waals surface area contributed by atoms with Gasteiger partial charge in [0.05, 0.1) is 18.5 Å². The number of hydrogen-bond donors (Lipinski definition) is 4. The van der Waals surface area contributed by atoms with E-state index in [1.54, 1.807) is 18.4 Å². The van der Waals surface area contributed by atoms with Gasteiger partial charge in [0.2, 0.25) is 0 Å². The summed E-state index contributed by atoms with van der Waals surface area (Å²) in [6.45, 7) is 3.90. The van der Waals surface area contributed by atoms with E-state index in [4.69, 9.17) is 24.5 Å². The third kappa shape index (κ3) is 5.95. The molecule has 1 aromatic carbocycles. The predicted octanol–water partition coefficient (Wildman–Crippen LogP) is 1.85. The maximum absolute atomic E-state index is 12.6. The molecule has 4 N–H and O–H groups in total. The molecule has 0 aliphatic rings. The van der Waals surface area contributed by atoms with E-state index in [1.807, 2.05) is 37.3 Å². The first-order chi connectivity index (χ1) is 13.8. The second-order valence-electron chi connectivity index (χ2n) is 5.87. The molecule has 0 saturated carbocycles. The topological polar surface area (TPSA) is 142 Å². The molecule has 2 heterocycles. The number of hydrogen-bond acceptors (Lipinski definition) is 7. The van der Waals surface area contributed by atoms with Crippen molar-refractivity contribution >= 4 is 33.5 Å². The lowest BCUT2D eigenvalue weighted by atomic mass is 10.0. The molecule has 0 atom stereocenters. The van der Waals surface area contributed by atoms with E-state index in [9.17, 15) is 4.79 Å². The molecule has 0 bridgehead atoms. The van der Waals surface area contributed by atoms with E-state index >= 15 is 0 Å². The lowest BCUT2D eigenvalue weighted by Crippen LogP contribution is -2.22. The van der Waals surface area contributed by atoms with Gasteiger partial charge in [-0.2, -0.15) is 0 Å². The third-order valence-electron chi connectivity index (χ3n) is 3.81. The number of nitrogens with one attached hydrogen (secondary N) is 2. The van der Waals surface area contributed by atoms with Gasteiger partial charge in [-0.3, -0.25) is 4.79 Å². The fourth-order valence-corrected chi connectivity index (χ4v) is 3.65. The Morgan fingerprint density at radius 3 is 2.45 bits per heavy atom. The summed E-state index contributed by atoms with van der Waals surface area (Å²) in [5.41, 5.74) is 1.95. The summed E-state index contributed by atoms with van der Waals surface area (Å²) < 4.78 is 4.99. The van der Waals surface area contributed by atoms with Crippen LogP contribution in [-0.4, -0.2) is 52.4 Å². The highest BCUT2D eigenvalue weighted by Gasteiger charge is 2.16. The quantitative estimate of drug-likeness (QED) is 0.350. The zero-order valence-corrected chi connectivity index (χ0v) is 16.7. The number of carboxylic acid groups (broad SMARTS) is 2. The lowest BCUT2D eigenvalue weighted by Gasteiger charge is -2.04. The molecule has 0 amide bonds. The van der Waals surface area contributed by atoms with E-state index in [-0.39, 0.29) is 5.56 Å². The normalized spacial score (nSPS) is 10.4. The molecule has 2 aromatic heterocycles. The molecule has 3 rings (SSSR count). The Labute approximate surface area is 170 Å². The zero-order chi connectivity index (χ0) is 21.4. The zero-order valence-electron chi connectivity index (χ0n) is 15.9. The molecule has 0 aliphatic heterocycles. The van der Waals surface area contributed by atoms with E-state index in [0.717, 1.165) is 27.4 Å². The van der Waals surface area contributed by atoms with Gasteiger partial charge in [0.1, 0.15) is 10.7 Å². The minimum Gasteiger partial charge on any atom is -0.473 e. The van der Waals surface area contributed by atoms with Gasteiger partial charge in [-0.25, -0.2) is 14.6 Å². The highest BCUT2D eigenvalue weighted by molar-refractivity contribution is 7.19. The Morgan fingerprint density at radius 1 is 1.21 bits per heavy atom. The summed E-state index contributed by atoms with van der Waals surface area (Å²) in [5.74, 6) is -3.00. The number of aromatic nitrogens is 2. The van der Waals surface area contributed by atoms with Crippen LogP contribution in [0.1, 0.15) is 10.7 Å². The maximum Gasteiger partial charge on any atom is 0.414 e. The number of benzene rings is 1. The monoisotopic (exact) mass is 419 g/mol. The van der Waals surface area contributed by atoms with E-state index in [0.29, 0.717) is 24.4 Å². The molecule has 0 radical (unpaired) electrons. The van der Waals surface area contributed by atoms with Crippen LogP contribution < -0.4 is 10.9 Å². The summed E-state index contributed by atoms with van der Waals surface area (Å²) in [7, 11) is 1.66. The number of carboxylic acids is 2. The molecule has 29 heavy (non-hydrogen) atoms. The minimum absolute atomic E-state index is 0.0817. The highest BCUT2D eigenvalue weighted by atomic mass is 32.1. The first-order valence-corrected chi connectivity index (χ1v) is 9.40. The van der Waals surface area contributed by atoms with Gasteiger partial charge in [0.25, 0.3) is 5.56 Å². The van der Waals surface area contributed by atoms with Gasteiger partial charge in [-0.05, 0) is 12.5 Å². The van der Waals surface area contributed by atoms with Crippen molar-refractivity contribution in [2.75, 3.05) is 20.3 Å². The van der Waals surface area contributed by atoms with Crippen LogP contribution in [0.15, 0.2) is 35.1 Å². The van der Waals surface area contributed by atoms with Crippen LogP contribution in [0.2, 0.25) is 0 Å². The first kappa shape index (κ1) is 22.2. The summed E-state index contributed by atoms with van der Waals surface area (Å²) in [4.78, 5) is 40.1. The first-order valence-electron chi connectivity index (χ1n) is 8.58. The van der Waals surface area contributed by atoms with Crippen LogP contribution in [0.4, 0.5) is 0 Å². The van der Waals surface area contributed by atoms with Crippen molar-refractivity contribution in [1.29, 1.82) is 0 Å². The SMILES string of the molecule is COCCNCc1nc2sc(C)c(-c3ccccc3)c2c(=O)[nH]1.O=C(O)C(=O)O. The number of ether oxygens (including phenoxy) is 1. The molecular formula is C19H21N3O6S. The molecule has 9 nitrogen and oxygen atoms in total. The fourth-order valence-electron chi connectivity index (χ4n) is 2.58. The van der Waals surface area contributed by atoms with Gasteiger partial charge in [0.15, 0.2) is 0 Å². The molecule has 0 unspecified atom stereocenters. The second-order valence-corrected chi connectivity index (χ2v) is 7.08. The summed E-state index contributed by atoms with van der Waals surface area (Å²) in [6.07, 6.45) is 0. The summed E-state index contributed by atoms with van der Waals surface area (Å²) in [6, 6.07) is 9.98. The number of aromatic amines is 1. The number of fused-ring (bicyclic) bond motifs is 1. The second kappa shape index (κ2) is 10.5. The highest BCUT2D eigenvalue weighted by Crippen LogP contribution is 2.35. The minimum atomic E-state index is -1.82. The van der Waals surface area contributed by atoms with Gasteiger partial charge in [-0.15, -0.1) is 11.3 Å². The molecule has 0 fully saturated rings. The van der Waals surface area contributed by atoms with Crippen LogP contribution in [0.5, 0.6) is 0 Å². The largest absolute Gasteiger partial charge is 0.473 e. The smallest absolute Gasteiger partial charge is 0.414 e. The van der Waals surface area contributed by atoms with Crippen molar-refractivity contribution in [2.45, 2.75) is 13.5 Å². The number of aryl methyl sites for hydroxylation is 1. The van der Waals surface area contributed by atoms with E-state index in [2.05, 4.69) is 15.3 Å². The van der Waals surface area contributed by atoms with Crippen molar-refractivity contribution in [1.82, 2.24) is 15.3 Å². The lowest BCUT2D eigenvalue weighted by molar-refractivity contribution is -0.159. The van der Waals surface area contributed by atoms with Crippen LogP contribution in [0.25, 0.3) is 21.3 Å².